The van der Waals surface area contributed by atoms with Gasteiger partial charge in [0.15, 0.2) is 0 Å². The number of rotatable bonds is 7. The van der Waals surface area contributed by atoms with E-state index in [-0.39, 0.29) is 11.7 Å². The molecule has 1 fully saturated rings. The molecule has 0 aliphatic carbocycles. The molecule has 0 amide bonds. The minimum absolute atomic E-state index is 0.170. The van der Waals surface area contributed by atoms with Gasteiger partial charge in [0.05, 0.1) is 12.8 Å². The van der Waals surface area contributed by atoms with Crippen LogP contribution in [0.5, 0.6) is 17.4 Å². The zero-order valence-corrected chi connectivity index (χ0v) is 19.0. The van der Waals surface area contributed by atoms with Crippen molar-refractivity contribution in [2.24, 2.45) is 5.92 Å². The Hall–Kier alpha value is -3.25. The number of likely N-dealkylation sites (tertiary alicyclic amines) is 1. The van der Waals surface area contributed by atoms with Crippen molar-refractivity contribution in [3.8, 4) is 17.4 Å². The van der Waals surface area contributed by atoms with Crippen molar-refractivity contribution < 1.29 is 14.3 Å². The van der Waals surface area contributed by atoms with E-state index in [1.807, 2.05) is 66.9 Å². The molecule has 3 aromatic rings. The van der Waals surface area contributed by atoms with E-state index in [4.69, 9.17) is 9.47 Å². The molecule has 0 spiro atoms. The Kier molecular flexibility index (Phi) is 8.75. The molecular weight excluding hydrogens is 402 g/mol. The maximum atomic E-state index is 11.5. The molecule has 6 nitrogen and oxygen atoms in total. The van der Waals surface area contributed by atoms with Gasteiger partial charge in [0, 0.05) is 37.0 Å². The summed E-state index contributed by atoms with van der Waals surface area (Å²) in [4.78, 5) is 22.4. The molecule has 32 heavy (non-hydrogen) atoms. The summed E-state index contributed by atoms with van der Waals surface area (Å²) in [5, 5.41) is 0. The first kappa shape index (κ1) is 23.4. The van der Waals surface area contributed by atoms with Gasteiger partial charge >= 0.3 is 0 Å². The van der Waals surface area contributed by atoms with Gasteiger partial charge in [-0.05, 0) is 68.8 Å². The van der Waals surface area contributed by atoms with Crippen molar-refractivity contribution in [2.45, 2.75) is 33.2 Å². The number of pyridine rings is 2. The molecule has 2 aromatic heterocycles. The standard InChI is InChI=1S/C19H22N2O3.C7H9N/c1-14(22)15-10-11-21(12-15)13-16-4-3-5-19(20-16)24-18-8-6-17(23-2)7-9-18;1-2-7-5-3-4-6-8-7/h3-9,15H,10-13H2,1-2H3;3-6H,2H2,1H3. The number of methoxy groups -OCH3 is 1. The fourth-order valence-electron chi connectivity index (χ4n) is 3.51. The Bertz CT molecular complexity index is 977. The Morgan fingerprint density at radius 3 is 2.38 bits per heavy atom. The lowest BCUT2D eigenvalue weighted by atomic mass is 10.1. The summed E-state index contributed by atoms with van der Waals surface area (Å²) in [6.45, 7) is 6.28. The smallest absolute Gasteiger partial charge is 0.219 e. The highest BCUT2D eigenvalue weighted by Crippen LogP contribution is 2.24. The number of ether oxygens (including phenoxy) is 2. The van der Waals surface area contributed by atoms with Crippen LogP contribution in [0.1, 0.15) is 31.7 Å². The Morgan fingerprint density at radius 1 is 1.03 bits per heavy atom. The molecule has 1 unspecified atom stereocenters. The van der Waals surface area contributed by atoms with Crippen LogP contribution in [0.15, 0.2) is 66.9 Å². The second-order valence-electron chi connectivity index (χ2n) is 7.75. The van der Waals surface area contributed by atoms with Crippen molar-refractivity contribution in [3.63, 3.8) is 0 Å². The lowest BCUT2D eigenvalue weighted by Gasteiger charge is -2.15. The van der Waals surface area contributed by atoms with Gasteiger partial charge in [-0.3, -0.25) is 14.7 Å². The topological polar surface area (TPSA) is 64.6 Å². The van der Waals surface area contributed by atoms with Crippen molar-refractivity contribution in [2.75, 3.05) is 20.2 Å². The molecule has 168 valence electrons. The second kappa shape index (κ2) is 12.0. The number of Topliss-reactive ketones (excluding diaryl/α,β-unsaturated/α-hetero) is 1. The van der Waals surface area contributed by atoms with Crippen LogP contribution < -0.4 is 9.47 Å². The molecular formula is C26H31N3O3. The molecule has 0 N–H and O–H groups in total. The highest BCUT2D eigenvalue weighted by Gasteiger charge is 2.25. The van der Waals surface area contributed by atoms with Crippen LogP contribution in [0, 0.1) is 5.92 Å². The van der Waals surface area contributed by atoms with Gasteiger partial charge in [-0.25, -0.2) is 4.98 Å². The van der Waals surface area contributed by atoms with Crippen molar-refractivity contribution in [1.29, 1.82) is 0 Å². The third-order valence-corrected chi connectivity index (χ3v) is 5.38. The summed E-state index contributed by atoms with van der Waals surface area (Å²) in [5.74, 6) is 2.53. The van der Waals surface area contributed by atoms with Crippen LogP contribution in [0.2, 0.25) is 0 Å². The first-order valence-electron chi connectivity index (χ1n) is 11.0. The zero-order valence-electron chi connectivity index (χ0n) is 19.0. The van der Waals surface area contributed by atoms with Gasteiger partial charge in [0.2, 0.25) is 5.88 Å². The summed E-state index contributed by atoms with van der Waals surface area (Å²) < 4.78 is 10.9. The minimum atomic E-state index is 0.170. The summed E-state index contributed by atoms with van der Waals surface area (Å²) in [6.07, 6.45) is 3.79. The number of carbonyl (C=O) groups excluding carboxylic acids is 1. The molecule has 0 radical (unpaired) electrons. The van der Waals surface area contributed by atoms with E-state index in [1.54, 1.807) is 14.0 Å². The maximum absolute atomic E-state index is 11.5. The molecule has 0 bridgehead atoms. The Labute approximate surface area is 190 Å². The van der Waals surface area contributed by atoms with Crippen LogP contribution in [0.25, 0.3) is 0 Å². The van der Waals surface area contributed by atoms with Crippen LogP contribution >= 0.6 is 0 Å². The summed E-state index contributed by atoms with van der Waals surface area (Å²) in [7, 11) is 1.63. The van der Waals surface area contributed by atoms with Crippen LogP contribution in [0.3, 0.4) is 0 Å². The van der Waals surface area contributed by atoms with E-state index in [0.29, 0.717) is 5.88 Å². The predicted octanol–water partition coefficient (Wildman–Crippen LogP) is 4.94. The molecule has 0 saturated carbocycles. The summed E-state index contributed by atoms with van der Waals surface area (Å²) >= 11 is 0. The lowest BCUT2D eigenvalue weighted by Crippen LogP contribution is -2.22. The third kappa shape index (κ3) is 7.17. The number of aromatic nitrogens is 2. The molecule has 4 rings (SSSR count). The van der Waals surface area contributed by atoms with E-state index in [9.17, 15) is 4.79 Å². The average Bonchev–Trinajstić information content (AvgIpc) is 3.30. The average molecular weight is 434 g/mol. The van der Waals surface area contributed by atoms with E-state index in [1.165, 1.54) is 0 Å². The summed E-state index contributed by atoms with van der Waals surface area (Å²) in [5.41, 5.74) is 2.11. The van der Waals surface area contributed by atoms with Crippen molar-refractivity contribution in [1.82, 2.24) is 14.9 Å². The van der Waals surface area contributed by atoms with Crippen LogP contribution in [0.4, 0.5) is 0 Å². The number of carbonyl (C=O) groups is 1. The molecule has 3 heterocycles. The molecule has 1 atom stereocenters. The summed E-state index contributed by atoms with van der Waals surface area (Å²) in [6, 6.07) is 19.1. The third-order valence-electron chi connectivity index (χ3n) is 5.38. The van der Waals surface area contributed by atoms with Crippen LogP contribution in [-0.2, 0) is 17.8 Å². The van der Waals surface area contributed by atoms with Crippen LogP contribution in [-0.4, -0.2) is 40.9 Å². The Morgan fingerprint density at radius 2 is 1.78 bits per heavy atom. The minimum Gasteiger partial charge on any atom is -0.497 e. The molecule has 1 aliphatic heterocycles. The normalized spacial score (nSPS) is 15.5. The second-order valence-corrected chi connectivity index (χ2v) is 7.75. The number of ketones is 1. The van der Waals surface area contributed by atoms with E-state index in [2.05, 4.69) is 21.8 Å². The lowest BCUT2D eigenvalue weighted by molar-refractivity contribution is -0.120. The Balaban J connectivity index is 0.000000305. The first-order chi connectivity index (χ1) is 15.6. The van der Waals surface area contributed by atoms with Crippen molar-refractivity contribution >= 4 is 5.78 Å². The number of benzene rings is 1. The molecule has 1 saturated heterocycles. The van der Waals surface area contributed by atoms with Gasteiger partial charge < -0.3 is 9.47 Å². The quantitative estimate of drug-likeness (QED) is 0.526. The van der Waals surface area contributed by atoms with E-state index < -0.39 is 0 Å². The number of hydrogen-bond acceptors (Lipinski definition) is 6. The van der Waals surface area contributed by atoms with Gasteiger partial charge in [-0.1, -0.05) is 19.1 Å². The van der Waals surface area contributed by atoms with Gasteiger partial charge in [-0.15, -0.1) is 0 Å². The number of hydrogen-bond donors (Lipinski definition) is 0. The first-order valence-corrected chi connectivity index (χ1v) is 11.0. The SMILES string of the molecule is CCc1ccccn1.COc1ccc(Oc2cccc(CN3CCC(C(C)=O)C3)n2)cc1. The van der Waals surface area contributed by atoms with Gasteiger partial charge in [0.1, 0.15) is 17.3 Å². The van der Waals surface area contributed by atoms with Gasteiger partial charge in [-0.2, -0.15) is 0 Å². The predicted molar refractivity (Wildman–Crippen MR) is 125 cm³/mol. The number of nitrogens with zero attached hydrogens (tertiary/aromatic N) is 3. The molecule has 1 aliphatic rings. The van der Waals surface area contributed by atoms with E-state index in [0.717, 1.165) is 55.4 Å². The maximum Gasteiger partial charge on any atom is 0.219 e. The fraction of sp³-hybridized carbons (Fsp3) is 0.346. The monoisotopic (exact) mass is 433 g/mol. The number of aryl methyl sites for hydroxylation is 1. The molecule has 1 aromatic carbocycles. The highest BCUT2D eigenvalue weighted by atomic mass is 16.5. The van der Waals surface area contributed by atoms with Gasteiger partial charge in [0.25, 0.3) is 0 Å². The molecule has 6 heteroatoms. The van der Waals surface area contributed by atoms with E-state index >= 15 is 0 Å². The zero-order chi connectivity index (χ0) is 22.8. The fourth-order valence-corrected chi connectivity index (χ4v) is 3.51. The van der Waals surface area contributed by atoms with Crippen molar-refractivity contribution in [3.05, 3.63) is 78.2 Å². The highest BCUT2D eigenvalue weighted by molar-refractivity contribution is 5.78. The largest absolute Gasteiger partial charge is 0.497 e.